The molecule has 0 aliphatic carbocycles. The second-order valence-corrected chi connectivity index (χ2v) is 7.69. The van der Waals surface area contributed by atoms with E-state index in [1.165, 1.54) is 36.8 Å². The summed E-state index contributed by atoms with van der Waals surface area (Å²) in [5.74, 6) is 0. The van der Waals surface area contributed by atoms with Crippen LogP contribution >= 0.6 is 23.3 Å². The highest BCUT2D eigenvalue weighted by Gasteiger charge is 2.47. The number of hydrogen-bond acceptors (Lipinski definition) is 5. The van der Waals surface area contributed by atoms with E-state index in [4.69, 9.17) is 4.74 Å². The number of ether oxygens (including phenoxy) is 1. The maximum Gasteiger partial charge on any atom is 0.0753 e. The summed E-state index contributed by atoms with van der Waals surface area (Å²) in [6.07, 6.45) is 1.36. The molecule has 0 N–H and O–H groups in total. The van der Waals surface area contributed by atoms with Gasteiger partial charge >= 0.3 is 0 Å². The molecule has 2 aliphatic heterocycles. The zero-order chi connectivity index (χ0) is 12.4. The minimum Gasteiger partial charge on any atom is -0.383 e. The first-order chi connectivity index (χ1) is 8.80. The molecule has 0 amide bonds. The van der Waals surface area contributed by atoms with Gasteiger partial charge in [-0.25, -0.2) is 4.31 Å². The maximum absolute atomic E-state index is 5.16. The van der Waals surface area contributed by atoms with Crippen LogP contribution in [0.2, 0.25) is 0 Å². The van der Waals surface area contributed by atoms with Gasteiger partial charge in [0.2, 0.25) is 0 Å². The third-order valence-corrected chi connectivity index (χ3v) is 5.87. The van der Waals surface area contributed by atoms with Gasteiger partial charge in [-0.2, -0.15) is 0 Å². The van der Waals surface area contributed by atoms with Crippen LogP contribution in [0.4, 0.5) is 0 Å². The Morgan fingerprint density at radius 1 is 1.44 bits per heavy atom. The second-order valence-electron chi connectivity index (χ2n) is 5.34. The first-order valence-corrected chi connectivity index (χ1v) is 8.13. The van der Waals surface area contributed by atoms with Crippen molar-refractivity contribution in [1.82, 2.24) is 9.21 Å². The minimum absolute atomic E-state index is 0.581. The molecule has 3 heterocycles. The fourth-order valence-electron chi connectivity index (χ4n) is 2.91. The molecule has 1 aromatic rings. The molecule has 2 aliphatic rings. The maximum atomic E-state index is 5.16. The smallest absolute Gasteiger partial charge is 0.0753 e. The Morgan fingerprint density at radius 2 is 2.33 bits per heavy atom. The molecule has 5 heteroatoms. The topological polar surface area (TPSA) is 15.7 Å². The van der Waals surface area contributed by atoms with E-state index in [0.29, 0.717) is 5.41 Å². The van der Waals surface area contributed by atoms with Crippen LogP contribution in [-0.4, -0.2) is 55.6 Å². The Bertz CT molecular complexity index is 376. The SMILES string of the molecule is COCCN1CCC2(C1)CN(Sc1cccs1)C2. The van der Waals surface area contributed by atoms with Crippen LogP contribution in [0.1, 0.15) is 6.42 Å². The van der Waals surface area contributed by atoms with Crippen LogP contribution in [0, 0.1) is 5.41 Å². The Balaban J connectivity index is 1.44. The highest BCUT2D eigenvalue weighted by Crippen LogP contribution is 2.44. The van der Waals surface area contributed by atoms with Crippen LogP contribution < -0.4 is 0 Å². The molecule has 1 spiro atoms. The molecule has 100 valence electrons. The van der Waals surface area contributed by atoms with E-state index in [9.17, 15) is 0 Å². The zero-order valence-corrected chi connectivity index (χ0v) is 12.4. The summed E-state index contributed by atoms with van der Waals surface area (Å²) < 4.78 is 9.08. The van der Waals surface area contributed by atoms with Gasteiger partial charge in [-0.1, -0.05) is 6.07 Å². The van der Waals surface area contributed by atoms with E-state index in [-0.39, 0.29) is 0 Å². The lowest BCUT2D eigenvalue weighted by Crippen LogP contribution is -2.54. The van der Waals surface area contributed by atoms with Gasteiger partial charge in [0.1, 0.15) is 0 Å². The third-order valence-electron chi connectivity index (χ3n) is 3.87. The molecular weight excluding hydrogens is 264 g/mol. The van der Waals surface area contributed by atoms with Crippen molar-refractivity contribution in [3.63, 3.8) is 0 Å². The fourth-order valence-corrected chi connectivity index (χ4v) is 5.08. The van der Waals surface area contributed by atoms with Crippen molar-refractivity contribution in [2.45, 2.75) is 10.6 Å². The average Bonchev–Trinajstić information content (AvgIpc) is 2.95. The fraction of sp³-hybridized carbons (Fsp3) is 0.692. The van der Waals surface area contributed by atoms with Gasteiger partial charge < -0.3 is 9.64 Å². The number of hydrogen-bond donors (Lipinski definition) is 0. The molecule has 0 atom stereocenters. The standard InChI is InChI=1S/C13H20N2OS2/c1-16-7-6-14-5-4-13(9-14)10-15(11-13)18-12-3-2-8-17-12/h2-3,8H,4-7,9-11H2,1H3. The molecule has 2 fully saturated rings. The van der Waals surface area contributed by atoms with Crippen molar-refractivity contribution >= 4 is 23.3 Å². The first-order valence-electron chi connectivity index (χ1n) is 6.47. The van der Waals surface area contributed by atoms with Gasteiger partial charge in [-0.3, -0.25) is 0 Å². The normalized spacial score (nSPS) is 23.6. The molecule has 2 saturated heterocycles. The molecule has 3 nitrogen and oxygen atoms in total. The molecular formula is C13H20N2OS2. The largest absolute Gasteiger partial charge is 0.383 e. The average molecular weight is 284 g/mol. The predicted molar refractivity (Wildman–Crippen MR) is 77.1 cm³/mol. The highest BCUT2D eigenvalue weighted by molar-refractivity contribution is 7.98. The van der Waals surface area contributed by atoms with E-state index in [2.05, 4.69) is 26.7 Å². The number of nitrogens with zero attached hydrogens (tertiary/aromatic N) is 2. The van der Waals surface area contributed by atoms with E-state index >= 15 is 0 Å². The van der Waals surface area contributed by atoms with Gasteiger partial charge in [-0.05, 0) is 36.4 Å². The molecule has 1 aromatic heterocycles. The van der Waals surface area contributed by atoms with E-state index < -0.39 is 0 Å². The van der Waals surface area contributed by atoms with Gasteiger partial charge in [0, 0.05) is 38.7 Å². The number of thiophene rings is 1. The predicted octanol–water partition coefficient (Wildman–Crippen LogP) is 2.41. The Hall–Kier alpha value is -0.0700. The zero-order valence-electron chi connectivity index (χ0n) is 10.8. The van der Waals surface area contributed by atoms with Crippen molar-refractivity contribution in [3.05, 3.63) is 17.5 Å². The van der Waals surface area contributed by atoms with Crippen LogP contribution in [-0.2, 0) is 4.74 Å². The van der Waals surface area contributed by atoms with Crippen molar-refractivity contribution in [3.8, 4) is 0 Å². The molecule has 3 rings (SSSR count). The van der Waals surface area contributed by atoms with E-state index in [1.807, 2.05) is 23.3 Å². The molecule has 0 bridgehead atoms. The van der Waals surface area contributed by atoms with Crippen LogP contribution in [0.3, 0.4) is 0 Å². The highest BCUT2D eigenvalue weighted by atomic mass is 32.2. The Morgan fingerprint density at radius 3 is 3.06 bits per heavy atom. The van der Waals surface area contributed by atoms with Crippen LogP contribution in [0.5, 0.6) is 0 Å². The summed E-state index contributed by atoms with van der Waals surface area (Å²) in [5.41, 5.74) is 0.581. The van der Waals surface area contributed by atoms with Crippen molar-refractivity contribution < 1.29 is 4.74 Å². The minimum atomic E-state index is 0.581. The lowest BCUT2D eigenvalue weighted by atomic mass is 9.81. The van der Waals surface area contributed by atoms with Gasteiger partial charge in [-0.15, -0.1) is 11.3 Å². The van der Waals surface area contributed by atoms with Crippen LogP contribution in [0.25, 0.3) is 0 Å². The lowest BCUT2D eigenvalue weighted by molar-refractivity contribution is 0.0813. The summed E-state index contributed by atoms with van der Waals surface area (Å²) in [4.78, 5) is 2.55. The second kappa shape index (κ2) is 5.51. The van der Waals surface area contributed by atoms with Gasteiger partial charge in [0.05, 0.1) is 10.8 Å². The van der Waals surface area contributed by atoms with Gasteiger partial charge in [0.25, 0.3) is 0 Å². The van der Waals surface area contributed by atoms with E-state index in [0.717, 1.165) is 13.2 Å². The monoisotopic (exact) mass is 284 g/mol. The summed E-state index contributed by atoms with van der Waals surface area (Å²) in [7, 11) is 1.79. The van der Waals surface area contributed by atoms with Crippen LogP contribution in [0.15, 0.2) is 21.7 Å². The quantitative estimate of drug-likeness (QED) is 0.771. The van der Waals surface area contributed by atoms with Crippen molar-refractivity contribution in [1.29, 1.82) is 0 Å². The van der Waals surface area contributed by atoms with Crippen molar-refractivity contribution in [2.24, 2.45) is 5.41 Å². The van der Waals surface area contributed by atoms with Gasteiger partial charge in [0.15, 0.2) is 0 Å². The lowest BCUT2D eigenvalue weighted by Gasteiger charge is -2.47. The number of likely N-dealkylation sites (tertiary alicyclic amines) is 1. The molecule has 18 heavy (non-hydrogen) atoms. The number of rotatable bonds is 5. The Kier molecular flexibility index (Phi) is 3.96. The Labute approximate surface area is 117 Å². The number of methoxy groups -OCH3 is 1. The van der Waals surface area contributed by atoms with E-state index in [1.54, 1.807) is 7.11 Å². The third kappa shape index (κ3) is 2.75. The summed E-state index contributed by atoms with van der Waals surface area (Å²) in [6, 6.07) is 4.34. The molecule has 0 radical (unpaired) electrons. The first kappa shape index (κ1) is 12.9. The molecule has 0 aromatic carbocycles. The van der Waals surface area contributed by atoms with Crippen molar-refractivity contribution in [2.75, 3.05) is 46.4 Å². The molecule has 0 unspecified atom stereocenters. The summed E-state index contributed by atoms with van der Waals surface area (Å²) in [6.45, 7) is 6.97. The summed E-state index contributed by atoms with van der Waals surface area (Å²) in [5, 5.41) is 2.15. The summed E-state index contributed by atoms with van der Waals surface area (Å²) >= 11 is 3.76. The molecule has 0 saturated carbocycles.